The Hall–Kier alpha value is -1.55. The lowest BCUT2D eigenvalue weighted by Gasteiger charge is -2.26. The molecular weight excluding hydrogens is 264 g/mol. The van der Waals surface area contributed by atoms with Gasteiger partial charge in [0.25, 0.3) is 0 Å². The summed E-state index contributed by atoms with van der Waals surface area (Å²) in [6, 6.07) is 8.09. The summed E-state index contributed by atoms with van der Waals surface area (Å²) >= 11 is 0. The Labute approximate surface area is 125 Å². The van der Waals surface area contributed by atoms with E-state index in [2.05, 4.69) is 16.7 Å². The fourth-order valence-corrected chi connectivity index (χ4v) is 3.56. The summed E-state index contributed by atoms with van der Waals surface area (Å²) < 4.78 is 0. The molecule has 0 radical (unpaired) electrons. The molecule has 4 nitrogen and oxygen atoms in total. The number of benzene rings is 1. The smallest absolute Gasteiger partial charge is 0.315 e. The molecule has 4 heteroatoms. The number of amides is 2. The first kappa shape index (κ1) is 14.4. The lowest BCUT2D eigenvalue weighted by Crippen LogP contribution is -2.47. The number of rotatable bonds is 3. The number of fused-ring (bicyclic) bond motifs is 1. The molecule has 2 aliphatic rings. The molecule has 3 rings (SSSR count). The van der Waals surface area contributed by atoms with Gasteiger partial charge in [-0.05, 0) is 36.8 Å². The molecular formula is C17H24N2O2. The van der Waals surface area contributed by atoms with Gasteiger partial charge in [0.2, 0.25) is 0 Å². The molecule has 0 spiro atoms. The van der Waals surface area contributed by atoms with E-state index in [0.29, 0.717) is 12.5 Å². The van der Waals surface area contributed by atoms with Crippen molar-refractivity contribution in [1.29, 1.82) is 0 Å². The summed E-state index contributed by atoms with van der Waals surface area (Å²) in [6.07, 6.45) is 7.36. The summed E-state index contributed by atoms with van der Waals surface area (Å²) in [5.74, 6) is 0. The maximum Gasteiger partial charge on any atom is 0.315 e. The third-order valence-electron chi connectivity index (χ3n) is 4.81. The van der Waals surface area contributed by atoms with E-state index in [1.807, 2.05) is 18.2 Å². The van der Waals surface area contributed by atoms with Gasteiger partial charge in [-0.15, -0.1) is 0 Å². The van der Waals surface area contributed by atoms with Gasteiger partial charge in [-0.25, -0.2) is 4.79 Å². The Kier molecular flexibility index (Phi) is 4.15. The van der Waals surface area contributed by atoms with Crippen molar-refractivity contribution < 1.29 is 9.90 Å². The molecule has 1 fully saturated rings. The first-order valence-electron chi connectivity index (χ1n) is 8.02. The minimum Gasteiger partial charge on any atom is -0.383 e. The Balaban J connectivity index is 1.54. The SMILES string of the molecule is O=C(NC[C@]1(O)CCc2ccccc21)NC1CCCCC1. The van der Waals surface area contributed by atoms with E-state index < -0.39 is 5.60 Å². The molecule has 3 N–H and O–H groups in total. The quantitative estimate of drug-likeness (QED) is 0.800. The number of hydrogen-bond donors (Lipinski definition) is 3. The van der Waals surface area contributed by atoms with Crippen LogP contribution < -0.4 is 10.6 Å². The molecule has 0 aliphatic heterocycles. The van der Waals surface area contributed by atoms with Crippen molar-refractivity contribution in [2.75, 3.05) is 6.54 Å². The molecule has 0 unspecified atom stereocenters. The van der Waals surface area contributed by atoms with Crippen molar-refractivity contribution in [2.24, 2.45) is 0 Å². The van der Waals surface area contributed by atoms with Gasteiger partial charge in [-0.2, -0.15) is 0 Å². The van der Waals surface area contributed by atoms with Crippen LogP contribution >= 0.6 is 0 Å². The van der Waals surface area contributed by atoms with Crippen LogP contribution in [0.25, 0.3) is 0 Å². The lowest BCUT2D eigenvalue weighted by atomic mass is 9.95. The third kappa shape index (κ3) is 3.21. The van der Waals surface area contributed by atoms with Crippen LogP contribution in [0.5, 0.6) is 0 Å². The molecule has 1 atom stereocenters. The summed E-state index contributed by atoms with van der Waals surface area (Å²) in [6.45, 7) is 0.280. The Morgan fingerprint density at radius 1 is 1.24 bits per heavy atom. The van der Waals surface area contributed by atoms with Gasteiger partial charge in [-0.3, -0.25) is 0 Å². The topological polar surface area (TPSA) is 61.4 Å². The molecule has 2 amide bonds. The number of aliphatic hydroxyl groups is 1. The summed E-state index contributed by atoms with van der Waals surface area (Å²) in [7, 11) is 0. The maximum absolute atomic E-state index is 12.0. The number of aryl methyl sites for hydroxylation is 1. The highest BCUT2D eigenvalue weighted by molar-refractivity contribution is 5.74. The van der Waals surface area contributed by atoms with Crippen LogP contribution in [-0.2, 0) is 12.0 Å². The number of urea groups is 1. The second-order valence-electron chi connectivity index (χ2n) is 6.35. The molecule has 0 heterocycles. The molecule has 114 valence electrons. The van der Waals surface area contributed by atoms with E-state index in [9.17, 15) is 9.90 Å². The summed E-state index contributed by atoms with van der Waals surface area (Å²) in [5.41, 5.74) is 1.23. The first-order chi connectivity index (χ1) is 10.2. The maximum atomic E-state index is 12.0. The van der Waals surface area contributed by atoms with Crippen molar-refractivity contribution >= 4 is 6.03 Å². The summed E-state index contributed by atoms with van der Waals surface area (Å²) in [4.78, 5) is 12.0. The first-order valence-corrected chi connectivity index (χ1v) is 8.02. The van der Waals surface area contributed by atoms with E-state index >= 15 is 0 Å². The van der Waals surface area contributed by atoms with Crippen molar-refractivity contribution in [3.8, 4) is 0 Å². The molecule has 0 aromatic heterocycles. The van der Waals surface area contributed by atoms with E-state index in [0.717, 1.165) is 24.8 Å². The molecule has 1 saturated carbocycles. The van der Waals surface area contributed by atoms with Crippen LogP contribution in [0.3, 0.4) is 0 Å². The Morgan fingerprint density at radius 2 is 2.00 bits per heavy atom. The molecule has 1 aromatic carbocycles. The van der Waals surface area contributed by atoms with Crippen LogP contribution in [0.15, 0.2) is 24.3 Å². The molecule has 21 heavy (non-hydrogen) atoms. The lowest BCUT2D eigenvalue weighted by molar-refractivity contribution is 0.0411. The summed E-state index contributed by atoms with van der Waals surface area (Å²) in [5, 5.41) is 16.6. The zero-order chi connectivity index (χ0) is 14.7. The predicted octanol–water partition coefficient (Wildman–Crippen LogP) is 2.45. The van der Waals surface area contributed by atoms with Crippen LogP contribution in [0, 0.1) is 0 Å². The van der Waals surface area contributed by atoms with Crippen LogP contribution in [0.4, 0.5) is 4.79 Å². The van der Waals surface area contributed by atoms with Gasteiger partial charge in [0.1, 0.15) is 5.60 Å². The Bertz CT molecular complexity index is 511. The molecule has 1 aromatic rings. The van der Waals surface area contributed by atoms with E-state index in [4.69, 9.17) is 0 Å². The highest BCUT2D eigenvalue weighted by Crippen LogP contribution is 2.36. The van der Waals surface area contributed by atoms with Crippen LogP contribution in [0.1, 0.15) is 49.7 Å². The molecule has 0 bridgehead atoms. The average molecular weight is 288 g/mol. The van der Waals surface area contributed by atoms with Crippen LogP contribution in [0.2, 0.25) is 0 Å². The zero-order valence-electron chi connectivity index (χ0n) is 12.4. The van der Waals surface area contributed by atoms with Gasteiger partial charge in [0.15, 0.2) is 0 Å². The standard InChI is InChI=1S/C17H24N2O2/c20-16(19-14-7-2-1-3-8-14)18-12-17(21)11-10-13-6-4-5-9-15(13)17/h4-6,9,14,21H,1-3,7-8,10-12H2,(H2,18,19,20)/t17-/m1/s1. The minimum absolute atomic E-state index is 0.153. The van der Waals surface area contributed by atoms with Gasteiger partial charge in [0, 0.05) is 6.04 Å². The Morgan fingerprint density at radius 3 is 2.81 bits per heavy atom. The number of carbonyl (C=O) groups excluding carboxylic acids is 1. The second kappa shape index (κ2) is 6.06. The van der Waals surface area contributed by atoms with Crippen LogP contribution in [-0.4, -0.2) is 23.7 Å². The van der Waals surface area contributed by atoms with Gasteiger partial charge >= 0.3 is 6.03 Å². The van der Waals surface area contributed by atoms with Gasteiger partial charge in [0.05, 0.1) is 6.54 Å². The van der Waals surface area contributed by atoms with Crippen molar-refractivity contribution in [3.05, 3.63) is 35.4 Å². The second-order valence-corrected chi connectivity index (χ2v) is 6.35. The van der Waals surface area contributed by atoms with E-state index in [1.54, 1.807) is 0 Å². The normalized spacial score (nSPS) is 25.4. The van der Waals surface area contributed by atoms with Crippen molar-refractivity contribution in [3.63, 3.8) is 0 Å². The highest BCUT2D eigenvalue weighted by atomic mass is 16.3. The van der Waals surface area contributed by atoms with E-state index in [1.165, 1.54) is 24.8 Å². The number of nitrogens with one attached hydrogen (secondary N) is 2. The van der Waals surface area contributed by atoms with Crippen molar-refractivity contribution in [2.45, 2.75) is 56.6 Å². The number of hydrogen-bond acceptors (Lipinski definition) is 2. The third-order valence-corrected chi connectivity index (χ3v) is 4.81. The zero-order valence-corrected chi connectivity index (χ0v) is 12.4. The van der Waals surface area contributed by atoms with Crippen molar-refractivity contribution in [1.82, 2.24) is 10.6 Å². The van der Waals surface area contributed by atoms with Gasteiger partial charge < -0.3 is 15.7 Å². The van der Waals surface area contributed by atoms with Gasteiger partial charge in [-0.1, -0.05) is 43.5 Å². The molecule has 2 aliphatic carbocycles. The fraction of sp³-hybridized carbons (Fsp3) is 0.588. The monoisotopic (exact) mass is 288 g/mol. The van der Waals surface area contributed by atoms with E-state index in [-0.39, 0.29) is 12.6 Å². The average Bonchev–Trinajstić information content (AvgIpc) is 2.85. The minimum atomic E-state index is -0.916. The fourth-order valence-electron chi connectivity index (χ4n) is 3.56. The predicted molar refractivity (Wildman–Crippen MR) is 82.1 cm³/mol. The molecule has 0 saturated heterocycles. The number of carbonyl (C=O) groups is 1. The largest absolute Gasteiger partial charge is 0.383 e. The highest BCUT2D eigenvalue weighted by Gasteiger charge is 2.36.